The van der Waals surface area contributed by atoms with Gasteiger partial charge in [-0.1, -0.05) is 11.3 Å². The summed E-state index contributed by atoms with van der Waals surface area (Å²) < 4.78 is 0.480. The molecule has 0 unspecified atom stereocenters. The fourth-order valence-electron chi connectivity index (χ4n) is 1.85. The van der Waals surface area contributed by atoms with Crippen LogP contribution in [0.3, 0.4) is 0 Å². The summed E-state index contributed by atoms with van der Waals surface area (Å²) in [6.07, 6.45) is 0. The van der Waals surface area contributed by atoms with E-state index in [1.165, 1.54) is 11.3 Å². The highest BCUT2D eigenvalue weighted by atomic mass is 79.9. The zero-order valence-electron chi connectivity index (χ0n) is 11.3. The minimum Gasteiger partial charge on any atom is -0.506 e. The Kier molecular flexibility index (Phi) is 4.23. The maximum Gasteiger partial charge on any atom is 0.261 e. The van der Waals surface area contributed by atoms with Crippen LogP contribution in [0.2, 0.25) is 0 Å². The largest absolute Gasteiger partial charge is 0.506 e. The first-order valence-corrected chi connectivity index (χ1v) is 8.76. The lowest BCUT2D eigenvalue weighted by atomic mass is 10.1. The summed E-state index contributed by atoms with van der Waals surface area (Å²) in [4.78, 5) is 12.3. The summed E-state index contributed by atoms with van der Waals surface area (Å²) in [5, 5.41) is 25.7. The number of carbonyl (C=O) groups is 1. The lowest BCUT2D eigenvalue weighted by molar-refractivity contribution is 0.102. The number of halogens is 1. The first-order valence-electron chi connectivity index (χ1n) is 6.21. The topological polar surface area (TPSA) is 75.1 Å². The van der Waals surface area contributed by atoms with Gasteiger partial charge < -0.3 is 5.11 Å². The molecule has 2 N–H and O–H groups in total. The zero-order valence-corrected chi connectivity index (χ0v) is 14.6. The van der Waals surface area contributed by atoms with Gasteiger partial charge >= 0.3 is 0 Å². The number of carbonyl (C=O) groups excluding carboxylic acids is 1. The number of phenolic OH excluding ortho intramolecular Hbond substituents is 1. The predicted molar refractivity (Wildman–Crippen MR) is 91.7 cm³/mol. The van der Waals surface area contributed by atoms with Gasteiger partial charge in [-0.2, -0.15) is 11.3 Å². The Balaban J connectivity index is 1.83. The second kappa shape index (κ2) is 6.15. The number of nitrogens with one attached hydrogen (secondary N) is 1. The highest BCUT2D eigenvalue weighted by Gasteiger charge is 2.17. The highest BCUT2D eigenvalue weighted by Crippen LogP contribution is 2.31. The second-order valence-corrected chi connectivity index (χ2v) is 7.13. The number of phenols is 1. The number of aryl methyl sites for hydroxylation is 1. The van der Waals surface area contributed by atoms with Crippen LogP contribution in [0.4, 0.5) is 5.13 Å². The summed E-state index contributed by atoms with van der Waals surface area (Å²) in [5.74, 6) is -0.513. The molecule has 0 atom stereocenters. The van der Waals surface area contributed by atoms with Gasteiger partial charge in [0.15, 0.2) is 0 Å². The summed E-state index contributed by atoms with van der Waals surface area (Å²) in [7, 11) is 0. The van der Waals surface area contributed by atoms with Gasteiger partial charge in [-0.05, 0) is 52.0 Å². The molecule has 3 aromatic rings. The molecule has 0 fully saturated rings. The molecule has 0 aliphatic rings. The van der Waals surface area contributed by atoms with Crippen molar-refractivity contribution in [1.82, 2.24) is 10.2 Å². The quantitative estimate of drug-likeness (QED) is 0.693. The van der Waals surface area contributed by atoms with Crippen molar-refractivity contribution in [1.29, 1.82) is 0 Å². The number of amides is 1. The monoisotopic (exact) mass is 395 g/mol. The predicted octanol–water partition coefficient (Wildman–Crippen LogP) is 4.30. The van der Waals surface area contributed by atoms with Crippen LogP contribution >= 0.6 is 38.6 Å². The fraction of sp³-hybridized carbons (Fsp3) is 0.0714. The van der Waals surface area contributed by atoms with Crippen LogP contribution in [-0.4, -0.2) is 21.2 Å². The van der Waals surface area contributed by atoms with Gasteiger partial charge in [0.05, 0.1) is 10.0 Å². The van der Waals surface area contributed by atoms with Crippen LogP contribution in [0, 0.1) is 6.92 Å². The molecule has 0 saturated carbocycles. The molecule has 0 bridgehead atoms. The minimum absolute atomic E-state index is 0.0920. The number of aromatic nitrogens is 2. The molecule has 0 aliphatic heterocycles. The number of benzene rings is 1. The third-order valence-electron chi connectivity index (χ3n) is 2.87. The zero-order chi connectivity index (χ0) is 15.7. The molecule has 0 aliphatic carbocycles. The Labute approximate surface area is 142 Å². The van der Waals surface area contributed by atoms with Gasteiger partial charge in [0.2, 0.25) is 5.13 Å². The van der Waals surface area contributed by atoms with Crippen LogP contribution in [-0.2, 0) is 0 Å². The van der Waals surface area contributed by atoms with E-state index in [0.29, 0.717) is 9.60 Å². The number of hydrogen-bond acceptors (Lipinski definition) is 6. The molecular weight excluding hydrogens is 386 g/mol. The Hall–Kier alpha value is -1.77. The molecule has 2 aromatic heterocycles. The smallest absolute Gasteiger partial charge is 0.261 e. The lowest BCUT2D eigenvalue weighted by Crippen LogP contribution is -2.12. The second-order valence-electron chi connectivity index (χ2n) is 4.52. The molecule has 1 amide bonds. The van der Waals surface area contributed by atoms with E-state index in [9.17, 15) is 9.90 Å². The van der Waals surface area contributed by atoms with Gasteiger partial charge in [-0.25, -0.2) is 0 Å². The van der Waals surface area contributed by atoms with Crippen molar-refractivity contribution >= 4 is 49.6 Å². The van der Waals surface area contributed by atoms with Crippen molar-refractivity contribution in [3.8, 4) is 16.3 Å². The summed E-state index contributed by atoms with van der Waals surface area (Å²) >= 11 is 6.09. The molecule has 0 saturated heterocycles. The third-order valence-corrected chi connectivity index (χ3v) is 5.04. The number of nitrogens with zero attached hydrogens (tertiary/aromatic N) is 2. The Morgan fingerprint density at radius 3 is 2.91 bits per heavy atom. The number of rotatable bonds is 3. The van der Waals surface area contributed by atoms with Crippen molar-refractivity contribution in [3.05, 3.63) is 44.6 Å². The van der Waals surface area contributed by atoms with E-state index in [-0.39, 0.29) is 11.3 Å². The van der Waals surface area contributed by atoms with E-state index in [1.54, 1.807) is 23.5 Å². The summed E-state index contributed by atoms with van der Waals surface area (Å²) in [5.41, 5.74) is 2.04. The molecule has 22 heavy (non-hydrogen) atoms. The van der Waals surface area contributed by atoms with Crippen LogP contribution in [0.25, 0.3) is 10.6 Å². The molecule has 0 radical (unpaired) electrons. The maximum absolute atomic E-state index is 12.3. The maximum atomic E-state index is 12.3. The van der Waals surface area contributed by atoms with Gasteiger partial charge in [-0.15, -0.1) is 10.2 Å². The van der Waals surface area contributed by atoms with Gasteiger partial charge in [0, 0.05) is 10.9 Å². The SMILES string of the molecule is Cc1cc(Br)c(O)c(C(=O)Nc2nnc(-c3ccsc3)s2)c1. The molecular formula is C14H10BrN3O2S2. The number of hydrogen-bond donors (Lipinski definition) is 2. The Bertz CT molecular complexity index is 831. The van der Waals surface area contributed by atoms with E-state index in [4.69, 9.17) is 0 Å². The fourth-order valence-corrected chi connectivity index (χ4v) is 3.87. The van der Waals surface area contributed by atoms with E-state index in [1.807, 2.05) is 23.8 Å². The standard InChI is InChI=1S/C14H10BrN3O2S2/c1-7-4-9(11(19)10(15)5-7)12(20)16-14-18-17-13(22-14)8-2-3-21-6-8/h2-6,19H,1H3,(H,16,18,20). The van der Waals surface area contributed by atoms with Crippen molar-refractivity contribution in [2.45, 2.75) is 6.92 Å². The van der Waals surface area contributed by atoms with Crippen molar-refractivity contribution in [3.63, 3.8) is 0 Å². The van der Waals surface area contributed by atoms with Crippen molar-refractivity contribution < 1.29 is 9.90 Å². The van der Waals surface area contributed by atoms with Crippen LogP contribution in [0.5, 0.6) is 5.75 Å². The Morgan fingerprint density at radius 2 is 2.18 bits per heavy atom. The minimum atomic E-state index is -0.421. The van der Waals surface area contributed by atoms with Gasteiger partial charge in [-0.3, -0.25) is 10.1 Å². The van der Waals surface area contributed by atoms with Crippen LogP contribution < -0.4 is 5.32 Å². The molecule has 1 aromatic carbocycles. The van der Waals surface area contributed by atoms with E-state index < -0.39 is 5.91 Å². The van der Waals surface area contributed by atoms with Crippen molar-refractivity contribution in [2.75, 3.05) is 5.32 Å². The van der Waals surface area contributed by atoms with Crippen LogP contribution in [0.1, 0.15) is 15.9 Å². The highest BCUT2D eigenvalue weighted by molar-refractivity contribution is 9.10. The molecule has 3 rings (SSSR count). The Morgan fingerprint density at radius 1 is 1.36 bits per heavy atom. The molecule has 5 nitrogen and oxygen atoms in total. The average Bonchev–Trinajstić information content (AvgIpc) is 3.13. The number of aromatic hydroxyl groups is 1. The van der Waals surface area contributed by atoms with Gasteiger partial charge in [0.25, 0.3) is 5.91 Å². The average molecular weight is 396 g/mol. The van der Waals surface area contributed by atoms with E-state index >= 15 is 0 Å². The number of anilines is 1. The van der Waals surface area contributed by atoms with E-state index in [0.717, 1.165) is 16.1 Å². The molecule has 2 heterocycles. The first kappa shape index (κ1) is 15.1. The van der Waals surface area contributed by atoms with Crippen LogP contribution in [0.15, 0.2) is 33.4 Å². The summed E-state index contributed by atoms with van der Waals surface area (Å²) in [6.45, 7) is 1.85. The normalized spacial score (nSPS) is 10.6. The molecule has 112 valence electrons. The summed E-state index contributed by atoms with van der Waals surface area (Å²) in [6, 6.07) is 5.31. The molecule has 0 spiro atoms. The van der Waals surface area contributed by atoms with Gasteiger partial charge in [0.1, 0.15) is 10.8 Å². The third kappa shape index (κ3) is 3.03. The first-order chi connectivity index (χ1) is 10.5. The molecule has 8 heteroatoms. The van der Waals surface area contributed by atoms with E-state index in [2.05, 4.69) is 31.4 Å². The lowest BCUT2D eigenvalue weighted by Gasteiger charge is -2.07. The van der Waals surface area contributed by atoms with Crippen molar-refractivity contribution in [2.24, 2.45) is 0 Å². The number of thiophene rings is 1.